The van der Waals surface area contributed by atoms with Crippen LogP contribution in [0.15, 0.2) is 30.6 Å². The number of aliphatic hydroxyl groups excluding tert-OH is 1. The second kappa shape index (κ2) is 5.20. The summed E-state index contributed by atoms with van der Waals surface area (Å²) in [6.45, 7) is 0.0599. The summed E-state index contributed by atoms with van der Waals surface area (Å²) in [7, 11) is 0. The summed E-state index contributed by atoms with van der Waals surface area (Å²) in [5, 5.41) is 22.0. The molecule has 0 amide bonds. The van der Waals surface area contributed by atoms with Gasteiger partial charge < -0.3 is 10.2 Å². The van der Waals surface area contributed by atoms with E-state index in [1.165, 1.54) is 6.07 Å². The minimum Gasteiger partial charge on any atom is -0.478 e. The Labute approximate surface area is 108 Å². The standard InChI is InChI=1S/C12H11ClN2O3/c13-11-5-9(1-2-10(11)12(17)18)15-7-8(3-4-16)6-14-15/h1-2,5-7,16H,3-4H2,(H,17,18). The molecule has 0 spiro atoms. The number of aromatic nitrogens is 2. The molecule has 0 bridgehead atoms. The van der Waals surface area contributed by atoms with Gasteiger partial charge in [0.25, 0.3) is 0 Å². The summed E-state index contributed by atoms with van der Waals surface area (Å²) in [6.07, 6.45) is 3.94. The largest absolute Gasteiger partial charge is 0.478 e. The third kappa shape index (κ3) is 2.52. The lowest BCUT2D eigenvalue weighted by Gasteiger charge is -2.04. The molecule has 0 saturated heterocycles. The van der Waals surface area contributed by atoms with Gasteiger partial charge in [0.15, 0.2) is 0 Å². The molecule has 0 aliphatic rings. The Morgan fingerprint density at radius 1 is 1.44 bits per heavy atom. The molecule has 0 unspecified atom stereocenters. The summed E-state index contributed by atoms with van der Waals surface area (Å²) >= 11 is 5.88. The van der Waals surface area contributed by atoms with E-state index in [2.05, 4.69) is 5.10 Å². The van der Waals surface area contributed by atoms with Crippen LogP contribution < -0.4 is 0 Å². The molecular weight excluding hydrogens is 256 g/mol. The van der Waals surface area contributed by atoms with E-state index in [1.807, 2.05) is 0 Å². The molecule has 94 valence electrons. The third-order valence-corrected chi connectivity index (χ3v) is 2.80. The van der Waals surface area contributed by atoms with Gasteiger partial charge in [-0.1, -0.05) is 11.6 Å². The van der Waals surface area contributed by atoms with Crippen molar-refractivity contribution in [2.75, 3.05) is 6.61 Å². The zero-order valence-corrected chi connectivity index (χ0v) is 10.1. The summed E-state index contributed by atoms with van der Waals surface area (Å²) in [4.78, 5) is 10.8. The second-order valence-electron chi connectivity index (χ2n) is 3.74. The predicted molar refractivity (Wildman–Crippen MR) is 66.3 cm³/mol. The van der Waals surface area contributed by atoms with Crippen molar-refractivity contribution in [1.29, 1.82) is 0 Å². The first-order valence-electron chi connectivity index (χ1n) is 5.29. The van der Waals surface area contributed by atoms with Crippen LogP contribution in [0.25, 0.3) is 5.69 Å². The van der Waals surface area contributed by atoms with Gasteiger partial charge in [-0.3, -0.25) is 0 Å². The monoisotopic (exact) mass is 266 g/mol. The Morgan fingerprint density at radius 2 is 2.22 bits per heavy atom. The number of hydrogen-bond acceptors (Lipinski definition) is 3. The van der Waals surface area contributed by atoms with Crippen molar-refractivity contribution in [2.24, 2.45) is 0 Å². The zero-order chi connectivity index (χ0) is 13.1. The van der Waals surface area contributed by atoms with Gasteiger partial charge in [0.2, 0.25) is 0 Å². The van der Waals surface area contributed by atoms with Gasteiger partial charge in [-0.05, 0) is 30.2 Å². The predicted octanol–water partition coefficient (Wildman–Crippen LogP) is 1.76. The molecule has 2 aromatic rings. The number of halogens is 1. The van der Waals surface area contributed by atoms with Crippen molar-refractivity contribution < 1.29 is 15.0 Å². The molecule has 2 N–H and O–H groups in total. The molecule has 0 atom stereocenters. The molecule has 1 aromatic heterocycles. The quantitative estimate of drug-likeness (QED) is 0.884. The van der Waals surface area contributed by atoms with E-state index >= 15 is 0 Å². The molecule has 0 fully saturated rings. The fraction of sp³-hybridized carbons (Fsp3) is 0.167. The van der Waals surface area contributed by atoms with Crippen molar-refractivity contribution in [3.63, 3.8) is 0 Å². The van der Waals surface area contributed by atoms with Gasteiger partial charge in [0.1, 0.15) is 0 Å². The molecule has 2 rings (SSSR count). The Hall–Kier alpha value is -1.85. The maximum atomic E-state index is 10.8. The lowest BCUT2D eigenvalue weighted by atomic mass is 10.2. The molecule has 0 saturated carbocycles. The molecule has 6 heteroatoms. The van der Waals surface area contributed by atoms with Gasteiger partial charge in [-0.15, -0.1) is 0 Å². The van der Waals surface area contributed by atoms with Crippen molar-refractivity contribution in [3.8, 4) is 5.69 Å². The van der Waals surface area contributed by atoms with Crippen molar-refractivity contribution in [3.05, 3.63) is 46.7 Å². The van der Waals surface area contributed by atoms with Crippen molar-refractivity contribution in [2.45, 2.75) is 6.42 Å². The summed E-state index contributed by atoms with van der Waals surface area (Å²) in [5.41, 5.74) is 1.63. The van der Waals surface area contributed by atoms with Gasteiger partial charge >= 0.3 is 5.97 Å². The average molecular weight is 267 g/mol. The maximum Gasteiger partial charge on any atom is 0.337 e. The molecule has 0 radical (unpaired) electrons. The van der Waals surface area contributed by atoms with Crippen LogP contribution in [0.5, 0.6) is 0 Å². The fourth-order valence-corrected chi connectivity index (χ4v) is 1.84. The minimum absolute atomic E-state index is 0.0585. The normalized spacial score (nSPS) is 10.6. The first-order chi connectivity index (χ1) is 8.61. The lowest BCUT2D eigenvalue weighted by Crippen LogP contribution is -2.00. The SMILES string of the molecule is O=C(O)c1ccc(-n2cc(CCO)cn2)cc1Cl. The van der Waals surface area contributed by atoms with E-state index in [4.69, 9.17) is 21.8 Å². The van der Waals surface area contributed by atoms with Crippen LogP contribution in [-0.2, 0) is 6.42 Å². The van der Waals surface area contributed by atoms with Crippen molar-refractivity contribution >= 4 is 17.6 Å². The smallest absolute Gasteiger partial charge is 0.337 e. The molecule has 0 aliphatic carbocycles. The molecular formula is C12H11ClN2O3. The van der Waals surface area contributed by atoms with Crippen LogP contribution >= 0.6 is 11.6 Å². The molecule has 0 aliphatic heterocycles. The average Bonchev–Trinajstić information content (AvgIpc) is 2.77. The molecule has 18 heavy (non-hydrogen) atoms. The number of nitrogens with zero attached hydrogens (tertiary/aromatic N) is 2. The number of rotatable bonds is 4. The van der Waals surface area contributed by atoms with Crippen LogP contribution in [0, 0.1) is 0 Å². The van der Waals surface area contributed by atoms with Gasteiger partial charge in [-0.2, -0.15) is 5.10 Å². The van der Waals surface area contributed by atoms with E-state index in [1.54, 1.807) is 29.2 Å². The molecule has 5 nitrogen and oxygen atoms in total. The van der Waals surface area contributed by atoms with Gasteiger partial charge in [-0.25, -0.2) is 9.48 Å². The summed E-state index contributed by atoms with van der Waals surface area (Å²) in [5.74, 6) is -1.06. The highest BCUT2D eigenvalue weighted by Crippen LogP contribution is 2.20. The van der Waals surface area contributed by atoms with E-state index in [-0.39, 0.29) is 17.2 Å². The van der Waals surface area contributed by atoms with Crippen LogP contribution in [0.4, 0.5) is 0 Å². The Balaban J connectivity index is 2.33. The number of aromatic carboxylic acids is 1. The van der Waals surface area contributed by atoms with E-state index < -0.39 is 5.97 Å². The number of aliphatic hydroxyl groups is 1. The zero-order valence-electron chi connectivity index (χ0n) is 9.38. The van der Waals surface area contributed by atoms with Crippen LogP contribution in [-0.4, -0.2) is 32.6 Å². The van der Waals surface area contributed by atoms with Crippen LogP contribution in [0.1, 0.15) is 15.9 Å². The van der Waals surface area contributed by atoms with E-state index in [0.717, 1.165) is 5.56 Å². The number of benzene rings is 1. The molecule has 1 heterocycles. The topological polar surface area (TPSA) is 75.3 Å². The molecule has 1 aromatic carbocycles. The highest BCUT2D eigenvalue weighted by atomic mass is 35.5. The summed E-state index contributed by atoms with van der Waals surface area (Å²) < 4.78 is 1.59. The van der Waals surface area contributed by atoms with Crippen LogP contribution in [0.2, 0.25) is 5.02 Å². The van der Waals surface area contributed by atoms with Gasteiger partial charge in [0, 0.05) is 12.8 Å². The van der Waals surface area contributed by atoms with E-state index in [0.29, 0.717) is 12.1 Å². The maximum absolute atomic E-state index is 10.8. The number of carbonyl (C=O) groups is 1. The highest BCUT2D eigenvalue weighted by Gasteiger charge is 2.10. The number of carboxylic acid groups (broad SMARTS) is 1. The summed E-state index contributed by atoms with van der Waals surface area (Å²) in [6, 6.07) is 4.61. The first kappa shape index (κ1) is 12.6. The Bertz CT molecular complexity index is 580. The Kier molecular flexibility index (Phi) is 3.64. The Morgan fingerprint density at radius 3 is 2.83 bits per heavy atom. The minimum atomic E-state index is -1.06. The fourth-order valence-electron chi connectivity index (χ4n) is 1.58. The highest BCUT2D eigenvalue weighted by molar-refractivity contribution is 6.33. The first-order valence-corrected chi connectivity index (χ1v) is 5.67. The third-order valence-electron chi connectivity index (χ3n) is 2.48. The number of hydrogen-bond donors (Lipinski definition) is 2. The van der Waals surface area contributed by atoms with Crippen molar-refractivity contribution in [1.82, 2.24) is 9.78 Å². The van der Waals surface area contributed by atoms with Gasteiger partial charge in [0.05, 0.1) is 22.5 Å². The van der Waals surface area contributed by atoms with E-state index in [9.17, 15) is 4.79 Å². The van der Waals surface area contributed by atoms with Crippen LogP contribution in [0.3, 0.4) is 0 Å². The lowest BCUT2D eigenvalue weighted by molar-refractivity contribution is 0.0697. The number of carboxylic acids is 1. The second-order valence-corrected chi connectivity index (χ2v) is 4.14.